The summed E-state index contributed by atoms with van der Waals surface area (Å²) in [6, 6.07) is 0.483. The molecule has 0 rings (SSSR count). The Hall–Kier alpha value is 0.0969. The maximum atomic E-state index is 4.89. The van der Waals surface area contributed by atoms with Crippen molar-refractivity contribution in [3.63, 3.8) is 0 Å². The maximum absolute atomic E-state index is 4.89. The Labute approximate surface area is 58.7 Å². The minimum absolute atomic E-state index is 0.483. The molecular weight excluding hydrogens is 136 g/mol. The van der Waals surface area contributed by atoms with Crippen molar-refractivity contribution in [2.24, 2.45) is 0 Å². The molecule has 0 fully saturated rings. The predicted octanol–water partition coefficient (Wildman–Crippen LogP) is 0.166. The Bertz CT molecular complexity index is 55.1. The molecule has 0 aliphatic carbocycles. The van der Waals surface area contributed by atoms with Gasteiger partial charge in [0.15, 0.2) is 0 Å². The van der Waals surface area contributed by atoms with Gasteiger partial charge in [0, 0.05) is 37.6 Å². The van der Waals surface area contributed by atoms with Crippen molar-refractivity contribution in [3.8, 4) is 0 Å². The van der Waals surface area contributed by atoms with Crippen LogP contribution in [0, 0.1) is 0 Å². The van der Waals surface area contributed by atoms with Crippen LogP contribution in [0.4, 0.5) is 0 Å². The second-order valence-corrected chi connectivity index (χ2v) is 1.83. The molecule has 0 spiro atoms. The molecule has 0 aliphatic rings. The zero-order valence-electron chi connectivity index (χ0n) is 5.93. The summed E-state index contributed by atoms with van der Waals surface area (Å²) in [6.45, 7) is 0. The van der Waals surface area contributed by atoms with Gasteiger partial charge >= 0.3 is 0 Å². The smallest absolute Gasteiger partial charge is 0.278 e. The molecule has 0 aliphatic heterocycles. The van der Waals surface area contributed by atoms with E-state index < -0.39 is 5.97 Å². The van der Waals surface area contributed by atoms with E-state index in [-0.39, 0.29) is 0 Å². The molecule has 0 unspecified atom stereocenters. The highest BCUT2D eigenvalue weighted by atomic mass is 28.1. The van der Waals surface area contributed by atoms with Gasteiger partial charge in [-0.15, -0.1) is 0 Å². The molecule has 0 N–H and O–H groups in total. The first-order chi connectivity index (χ1) is 4.24. The third-order valence-corrected chi connectivity index (χ3v) is 1.58. The van der Waals surface area contributed by atoms with Crippen LogP contribution in [0.1, 0.15) is 0 Å². The Morgan fingerprint density at radius 1 is 1.11 bits per heavy atom. The fourth-order valence-electron chi connectivity index (χ4n) is 0.467. The SMILES string of the molecule is COC(C[Si])(OC)OC. The standard InChI is InChI=1S/C5H11O3Si/c1-6-5(4-9,7-2)8-3/h4H2,1-3H3. The third-order valence-electron chi connectivity index (χ3n) is 1.15. The normalized spacial score (nSPS) is 12.0. The first-order valence-electron chi connectivity index (χ1n) is 2.54. The second kappa shape index (κ2) is 4.00. The molecule has 4 heteroatoms. The number of hydrogen-bond acceptors (Lipinski definition) is 3. The van der Waals surface area contributed by atoms with Crippen LogP contribution in [0.3, 0.4) is 0 Å². The fraction of sp³-hybridized carbons (Fsp3) is 1.00. The van der Waals surface area contributed by atoms with E-state index >= 15 is 0 Å². The molecule has 3 radical (unpaired) electrons. The van der Waals surface area contributed by atoms with Crippen molar-refractivity contribution in [3.05, 3.63) is 0 Å². The molecule has 0 saturated carbocycles. The largest absolute Gasteiger partial charge is 0.331 e. The lowest BCUT2D eigenvalue weighted by Gasteiger charge is -2.26. The maximum Gasteiger partial charge on any atom is 0.278 e. The summed E-state index contributed by atoms with van der Waals surface area (Å²) in [4.78, 5) is 0. The monoisotopic (exact) mass is 147 g/mol. The summed E-state index contributed by atoms with van der Waals surface area (Å²) in [6.07, 6.45) is 0. The van der Waals surface area contributed by atoms with Gasteiger partial charge in [-0.2, -0.15) is 0 Å². The van der Waals surface area contributed by atoms with E-state index in [4.69, 9.17) is 14.2 Å². The van der Waals surface area contributed by atoms with Crippen molar-refractivity contribution >= 4 is 10.2 Å². The minimum atomic E-state index is -0.920. The molecule has 0 bridgehead atoms. The first kappa shape index (κ1) is 9.10. The molecule has 0 amide bonds. The van der Waals surface area contributed by atoms with Gasteiger partial charge in [0.05, 0.1) is 0 Å². The van der Waals surface area contributed by atoms with E-state index in [0.717, 1.165) is 0 Å². The summed E-state index contributed by atoms with van der Waals surface area (Å²) in [5, 5.41) is 0. The van der Waals surface area contributed by atoms with Crippen LogP contribution in [0.15, 0.2) is 0 Å². The van der Waals surface area contributed by atoms with Crippen LogP contribution in [0.25, 0.3) is 0 Å². The summed E-state index contributed by atoms with van der Waals surface area (Å²) < 4.78 is 14.7. The van der Waals surface area contributed by atoms with Gasteiger partial charge in [-0.25, -0.2) is 0 Å². The highest BCUT2D eigenvalue weighted by Gasteiger charge is 2.25. The van der Waals surface area contributed by atoms with Crippen molar-refractivity contribution in [1.29, 1.82) is 0 Å². The average Bonchev–Trinajstić information content (AvgIpc) is 1.95. The van der Waals surface area contributed by atoms with Gasteiger partial charge in [0.1, 0.15) is 0 Å². The van der Waals surface area contributed by atoms with Crippen molar-refractivity contribution in [2.75, 3.05) is 21.3 Å². The quantitative estimate of drug-likeness (QED) is 0.419. The van der Waals surface area contributed by atoms with E-state index in [1.54, 1.807) is 0 Å². The lowest BCUT2D eigenvalue weighted by atomic mass is 10.6. The second-order valence-electron chi connectivity index (χ2n) is 1.47. The fourth-order valence-corrected chi connectivity index (χ4v) is 0.900. The van der Waals surface area contributed by atoms with Gasteiger partial charge in [-0.3, -0.25) is 0 Å². The predicted molar refractivity (Wildman–Crippen MR) is 34.3 cm³/mol. The zero-order chi connectivity index (χ0) is 7.33. The number of methoxy groups -OCH3 is 3. The number of ether oxygens (including phenoxy) is 3. The first-order valence-corrected chi connectivity index (χ1v) is 3.25. The minimum Gasteiger partial charge on any atom is -0.331 e. The molecule has 0 saturated heterocycles. The summed E-state index contributed by atoms with van der Waals surface area (Å²) in [5.74, 6) is -0.920. The van der Waals surface area contributed by atoms with E-state index in [1.807, 2.05) is 0 Å². The number of hydrogen-bond donors (Lipinski definition) is 0. The Morgan fingerprint density at radius 3 is 1.44 bits per heavy atom. The lowest BCUT2D eigenvalue weighted by Crippen LogP contribution is -2.35. The molecule has 0 aromatic rings. The van der Waals surface area contributed by atoms with Crippen LogP contribution in [0.2, 0.25) is 6.04 Å². The van der Waals surface area contributed by atoms with E-state index in [9.17, 15) is 0 Å². The van der Waals surface area contributed by atoms with Gasteiger partial charge in [-0.05, 0) is 0 Å². The third kappa shape index (κ3) is 2.06. The van der Waals surface area contributed by atoms with E-state index in [0.29, 0.717) is 6.04 Å². The molecule has 0 atom stereocenters. The van der Waals surface area contributed by atoms with Crippen LogP contribution >= 0.6 is 0 Å². The Kier molecular flexibility index (Phi) is 4.04. The Morgan fingerprint density at radius 2 is 1.44 bits per heavy atom. The van der Waals surface area contributed by atoms with E-state index in [1.165, 1.54) is 21.3 Å². The van der Waals surface area contributed by atoms with Crippen molar-refractivity contribution in [1.82, 2.24) is 0 Å². The van der Waals surface area contributed by atoms with Crippen molar-refractivity contribution in [2.45, 2.75) is 12.0 Å². The summed E-state index contributed by atoms with van der Waals surface area (Å²) in [7, 11) is 7.79. The van der Waals surface area contributed by atoms with Crippen LogP contribution in [-0.2, 0) is 14.2 Å². The molecule has 0 aromatic carbocycles. The topological polar surface area (TPSA) is 27.7 Å². The van der Waals surface area contributed by atoms with Crippen LogP contribution < -0.4 is 0 Å². The lowest BCUT2D eigenvalue weighted by molar-refractivity contribution is -0.339. The highest BCUT2D eigenvalue weighted by Crippen LogP contribution is 2.14. The van der Waals surface area contributed by atoms with E-state index in [2.05, 4.69) is 10.2 Å². The Balaban J connectivity index is 3.82. The molecular formula is C5H11O3Si. The molecule has 53 valence electrons. The molecule has 0 heterocycles. The van der Waals surface area contributed by atoms with Crippen LogP contribution in [0.5, 0.6) is 0 Å². The van der Waals surface area contributed by atoms with Gasteiger partial charge in [0.25, 0.3) is 5.97 Å². The summed E-state index contributed by atoms with van der Waals surface area (Å²) >= 11 is 0. The highest BCUT2D eigenvalue weighted by molar-refractivity contribution is 6.09. The average molecular weight is 147 g/mol. The number of rotatable bonds is 4. The van der Waals surface area contributed by atoms with Gasteiger partial charge in [0.2, 0.25) is 0 Å². The van der Waals surface area contributed by atoms with Gasteiger partial charge < -0.3 is 14.2 Å². The molecule has 0 aromatic heterocycles. The zero-order valence-corrected chi connectivity index (χ0v) is 6.93. The molecule has 3 nitrogen and oxygen atoms in total. The molecule has 9 heavy (non-hydrogen) atoms. The van der Waals surface area contributed by atoms with Crippen LogP contribution in [-0.4, -0.2) is 37.5 Å². The van der Waals surface area contributed by atoms with Gasteiger partial charge in [-0.1, -0.05) is 0 Å². The summed E-state index contributed by atoms with van der Waals surface area (Å²) in [5.41, 5.74) is 0. The van der Waals surface area contributed by atoms with Crippen molar-refractivity contribution < 1.29 is 14.2 Å².